The standard InChI is InChI=1S/C7H7ClO2.C2H6/c1-4-2-5(9)7(8)6(10)3-4;1-2/h2-3,9-10H,1H3;1-2H3. The summed E-state index contributed by atoms with van der Waals surface area (Å²) in [6.45, 7) is 5.76. The molecule has 3 heteroatoms. The van der Waals surface area contributed by atoms with Gasteiger partial charge in [-0.3, -0.25) is 0 Å². The third-order valence-corrected chi connectivity index (χ3v) is 1.57. The lowest BCUT2D eigenvalue weighted by atomic mass is 10.2. The lowest BCUT2D eigenvalue weighted by Gasteiger charge is -2.00. The minimum atomic E-state index is -0.0841. The predicted octanol–water partition coefficient (Wildman–Crippen LogP) is 3.09. The van der Waals surface area contributed by atoms with Crippen LogP contribution in [-0.2, 0) is 0 Å². The average Bonchev–Trinajstić information content (AvgIpc) is 2.04. The van der Waals surface area contributed by atoms with E-state index in [4.69, 9.17) is 21.8 Å². The summed E-state index contributed by atoms with van der Waals surface area (Å²) in [6, 6.07) is 2.98. The quantitative estimate of drug-likeness (QED) is 0.657. The molecule has 0 bridgehead atoms. The summed E-state index contributed by atoms with van der Waals surface area (Å²) in [5.41, 5.74) is 0.777. The van der Waals surface area contributed by atoms with Crippen molar-refractivity contribution in [1.82, 2.24) is 0 Å². The molecule has 0 atom stereocenters. The lowest BCUT2D eigenvalue weighted by molar-refractivity contribution is 0.450. The smallest absolute Gasteiger partial charge is 0.138 e. The highest BCUT2D eigenvalue weighted by Crippen LogP contribution is 2.32. The van der Waals surface area contributed by atoms with Crippen molar-refractivity contribution in [2.45, 2.75) is 20.8 Å². The first-order valence-electron chi connectivity index (χ1n) is 3.79. The zero-order valence-corrected chi connectivity index (χ0v) is 8.18. The van der Waals surface area contributed by atoms with Gasteiger partial charge in [0.25, 0.3) is 0 Å². The van der Waals surface area contributed by atoms with E-state index in [2.05, 4.69) is 0 Å². The van der Waals surface area contributed by atoms with Crippen LogP contribution in [-0.4, -0.2) is 10.2 Å². The van der Waals surface area contributed by atoms with Crippen molar-refractivity contribution in [1.29, 1.82) is 0 Å². The average molecular weight is 189 g/mol. The van der Waals surface area contributed by atoms with Gasteiger partial charge in [0.2, 0.25) is 0 Å². The Hall–Kier alpha value is -0.890. The Balaban J connectivity index is 0.000000561. The molecule has 0 aliphatic rings. The van der Waals surface area contributed by atoms with Crippen LogP contribution >= 0.6 is 11.6 Å². The number of phenolic OH excluding ortho intramolecular Hbond substituents is 2. The fourth-order valence-electron chi connectivity index (χ4n) is 0.731. The third kappa shape index (κ3) is 2.62. The van der Waals surface area contributed by atoms with Gasteiger partial charge in [0.05, 0.1) is 0 Å². The SMILES string of the molecule is CC.Cc1cc(O)c(Cl)c(O)c1. The molecule has 0 aliphatic heterocycles. The molecule has 0 heterocycles. The van der Waals surface area contributed by atoms with E-state index in [0.717, 1.165) is 5.56 Å². The summed E-state index contributed by atoms with van der Waals surface area (Å²) in [4.78, 5) is 0. The van der Waals surface area contributed by atoms with E-state index in [1.165, 1.54) is 12.1 Å². The van der Waals surface area contributed by atoms with Crippen LogP contribution in [0.15, 0.2) is 12.1 Å². The highest BCUT2D eigenvalue weighted by Gasteiger charge is 2.03. The minimum Gasteiger partial charge on any atom is -0.506 e. The zero-order chi connectivity index (χ0) is 9.72. The van der Waals surface area contributed by atoms with Gasteiger partial charge in [-0.15, -0.1) is 0 Å². The van der Waals surface area contributed by atoms with Gasteiger partial charge in [-0.25, -0.2) is 0 Å². The minimum absolute atomic E-state index is 0.00519. The lowest BCUT2D eigenvalue weighted by Crippen LogP contribution is -1.74. The Kier molecular flexibility index (Phi) is 4.52. The topological polar surface area (TPSA) is 40.5 Å². The molecule has 0 aliphatic carbocycles. The van der Waals surface area contributed by atoms with Gasteiger partial charge in [0.1, 0.15) is 16.5 Å². The maximum Gasteiger partial charge on any atom is 0.138 e. The Morgan fingerprint density at radius 2 is 1.42 bits per heavy atom. The molecule has 1 aromatic rings. The molecular weight excluding hydrogens is 176 g/mol. The van der Waals surface area contributed by atoms with Gasteiger partial charge in [-0.05, 0) is 24.6 Å². The molecule has 2 nitrogen and oxygen atoms in total. The van der Waals surface area contributed by atoms with Crippen LogP contribution in [0.25, 0.3) is 0 Å². The predicted molar refractivity (Wildman–Crippen MR) is 50.9 cm³/mol. The van der Waals surface area contributed by atoms with Crippen molar-refractivity contribution in [3.05, 3.63) is 22.7 Å². The van der Waals surface area contributed by atoms with Crippen LogP contribution in [0.4, 0.5) is 0 Å². The normalized spacial score (nSPS) is 8.67. The number of hydrogen-bond donors (Lipinski definition) is 2. The number of benzene rings is 1. The monoisotopic (exact) mass is 188 g/mol. The van der Waals surface area contributed by atoms with Crippen molar-refractivity contribution >= 4 is 11.6 Å². The molecule has 0 spiro atoms. The van der Waals surface area contributed by atoms with Gasteiger partial charge >= 0.3 is 0 Å². The molecule has 0 aromatic heterocycles. The number of halogens is 1. The van der Waals surface area contributed by atoms with Crippen molar-refractivity contribution in [3.8, 4) is 11.5 Å². The van der Waals surface area contributed by atoms with Gasteiger partial charge in [-0.1, -0.05) is 25.4 Å². The first-order valence-corrected chi connectivity index (χ1v) is 4.17. The van der Waals surface area contributed by atoms with E-state index in [9.17, 15) is 0 Å². The number of aromatic hydroxyl groups is 2. The molecule has 0 saturated carbocycles. The number of aryl methyl sites for hydroxylation is 1. The van der Waals surface area contributed by atoms with Crippen LogP contribution in [0.2, 0.25) is 5.02 Å². The Labute approximate surface area is 77.4 Å². The van der Waals surface area contributed by atoms with Gasteiger partial charge in [-0.2, -0.15) is 0 Å². The van der Waals surface area contributed by atoms with E-state index in [-0.39, 0.29) is 16.5 Å². The molecule has 0 fully saturated rings. The van der Waals surface area contributed by atoms with Gasteiger partial charge in [0, 0.05) is 0 Å². The van der Waals surface area contributed by atoms with Crippen molar-refractivity contribution in [3.63, 3.8) is 0 Å². The van der Waals surface area contributed by atoms with E-state index < -0.39 is 0 Å². The number of rotatable bonds is 0. The van der Waals surface area contributed by atoms with Crippen molar-refractivity contribution < 1.29 is 10.2 Å². The molecule has 1 rings (SSSR count). The highest BCUT2D eigenvalue weighted by molar-refractivity contribution is 6.33. The molecule has 0 unspecified atom stereocenters. The summed E-state index contributed by atoms with van der Waals surface area (Å²) in [5, 5.41) is 18.0. The maximum atomic E-state index is 8.99. The first kappa shape index (κ1) is 11.1. The second-order valence-electron chi connectivity index (χ2n) is 2.12. The largest absolute Gasteiger partial charge is 0.506 e. The fraction of sp³-hybridized carbons (Fsp3) is 0.333. The molecule has 12 heavy (non-hydrogen) atoms. The highest BCUT2D eigenvalue weighted by atomic mass is 35.5. The second-order valence-corrected chi connectivity index (χ2v) is 2.50. The zero-order valence-electron chi connectivity index (χ0n) is 7.43. The second kappa shape index (κ2) is 4.88. The maximum absolute atomic E-state index is 8.99. The summed E-state index contributed by atoms with van der Waals surface area (Å²) in [5.74, 6) is -0.168. The summed E-state index contributed by atoms with van der Waals surface area (Å²) in [6.07, 6.45) is 0. The van der Waals surface area contributed by atoms with Gasteiger partial charge < -0.3 is 10.2 Å². The molecule has 0 saturated heterocycles. The summed E-state index contributed by atoms with van der Waals surface area (Å²) < 4.78 is 0. The Bertz CT molecular complexity index is 236. The number of hydrogen-bond acceptors (Lipinski definition) is 2. The van der Waals surface area contributed by atoms with E-state index in [1.807, 2.05) is 13.8 Å². The van der Waals surface area contributed by atoms with Crippen LogP contribution in [0.1, 0.15) is 19.4 Å². The summed E-state index contributed by atoms with van der Waals surface area (Å²) in [7, 11) is 0. The van der Waals surface area contributed by atoms with E-state index >= 15 is 0 Å². The van der Waals surface area contributed by atoms with E-state index in [1.54, 1.807) is 6.92 Å². The van der Waals surface area contributed by atoms with Crippen LogP contribution in [0.3, 0.4) is 0 Å². The van der Waals surface area contributed by atoms with Gasteiger partial charge in [0.15, 0.2) is 0 Å². The Morgan fingerprint density at radius 3 is 1.75 bits per heavy atom. The molecule has 68 valence electrons. The molecule has 0 radical (unpaired) electrons. The first-order chi connectivity index (χ1) is 5.61. The molecule has 0 amide bonds. The third-order valence-electron chi connectivity index (χ3n) is 1.18. The molecule has 1 aromatic carbocycles. The fourth-order valence-corrected chi connectivity index (χ4v) is 0.840. The molecule has 2 N–H and O–H groups in total. The van der Waals surface area contributed by atoms with Crippen LogP contribution in [0, 0.1) is 6.92 Å². The summed E-state index contributed by atoms with van der Waals surface area (Å²) >= 11 is 5.45. The van der Waals surface area contributed by atoms with Crippen molar-refractivity contribution in [2.75, 3.05) is 0 Å². The van der Waals surface area contributed by atoms with E-state index in [0.29, 0.717) is 0 Å². The van der Waals surface area contributed by atoms with Crippen molar-refractivity contribution in [2.24, 2.45) is 0 Å². The molecular formula is C9H13ClO2. The number of phenols is 2. The van der Waals surface area contributed by atoms with Crippen LogP contribution in [0.5, 0.6) is 11.5 Å². The Morgan fingerprint density at radius 1 is 1.08 bits per heavy atom. The van der Waals surface area contributed by atoms with Crippen LogP contribution < -0.4 is 0 Å².